The van der Waals surface area contributed by atoms with Gasteiger partial charge in [-0.3, -0.25) is 4.57 Å². The molecule has 0 saturated carbocycles. The van der Waals surface area contributed by atoms with Crippen LogP contribution in [0.5, 0.6) is 5.75 Å². The number of rotatable bonds is 7. The van der Waals surface area contributed by atoms with Crippen LogP contribution in [-0.4, -0.2) is 21.9 Å². The highest BCUT2D eigenvalue weighted by Gasteiger charge is 2.13. The van der Waals surface area contributed by atoms with Crippen LogP contribution in [0.2, 0.25) is 5.02 Å². The maximum Gasteiger partial charge on any atom is 0.192 e. The molecule has 4 nitrogen and oxygen atoms in total. The number of allylic oxidation sites excluding steroid dienone is 1. The molecular formula is C19H18ClN3OS. The Labute approximate surface area is 156 Å². The largest absolute Gasteiger partial charge is 0.497 e. The highest BCUT2D eigenvalue weighted by Crippen LogP contribution is 2.28. The minimum absolute atomic E-state index is 0.645. The number of halogens is 1. The van der Waals surface area contributed by atoms with Crippen LogP contribution in [0.3, 0.4) is 0 Å². The molecule has 0 atom stereocenters. The Hall–Kier alpha value is -2.24. The lowest BCUT2D eigenvalue weighted by Gasteiger charge is -2.08. The second-order valence-electron chi connectivity index (χ2n) is 5.35. The van der Waals surface area contributed by atoms with Crippen LogP contribution in [0.15, 0.2) is 66.3 Å². The number of methoxy groups -OCH3 is 1. The van der Waals surface area contributed by atoms with Crippen LogP contribution in [-0.2, 0) is 12.3 Å². The fraction of sp³-hybridized carbons (Fsp3) is 0.158. The number of thioether (sulfide) groups is 1. The Morgan fingerprint density at radius 1 is 1.20 bits per heavy atom. The maximum atomic E-state index is 6.05. The Morgan fingerprint density at radius 2 is 2.00 bits per heavy atom. The fourth-order valence-electron chi connectivity index (χ4n) is 2.42. The van der Waals surface area contributed by atoms with Crippen molar-refractivity contribution in [3.05, 3.63) is 71.8 Å². The molecule has 0 saturated heterocycles. The van der Waals surface area contributed by atoms with Crippen molar-refractivity contribution in [1.29, 1.82) is 0 Å². The Kier molecular flexibility index (Phi) is 5.79. The highest BCUT2D eigenvalue weighted by molar-refractivity contribution is 7.98. The van der Waals surface area contributed by atoms with Crippen molar-refractivity contribution < 1.29 is 4.74 Å². The molecule has 0 N–H and O–H groups in total. The van der Waals surface area contributed by atoms with E-state index in [1.165, 1.54) is 0 Å². The van der Waals surface area contributed by atoms with Gasteiger partial charge in [-0.1, -0.05) is 41.6 Å². The van der Waals surface area contributed by atoms with Gasteiger partial charge in [-0.15, -0.1) is 16.8 Å². The van der Waals surface area contributed by atoms with E-state index in [-0.39, 0.29) is 0 Å². The average Bonchev–Trinajstić information content (AvgIpc) is 3.03. The van der Waals surface area contributed by atoms with Crippen molar-refractivity contribution in [3.63, 3.8) is 0 Å². The van der Waals surface area contributed by atoms with Crippen LogP contribution in [0.1, 0.15) is 5.56 Å². The number of aromatic nitrogens is 3. The topological polar surface area (TPSA) is 39.9 Å². The van der Waals surface area contributed by atoms with E-state index in [0.717, 1.165) is 38.6 Å². The molecule has 3 rings (SSSR count). The van der Waals surface area contributed by atoms with Crippen molar-refractivity contribution in [2.24, 2.45) is 0 Å². The first-order valence-electron chi connectivity index (χ1n) is 7.77. The van der Waals surface area contributed by atoms with E-state index >= 15 is 0 Å². The summed E-state index contributed by atoms with van der Waals surface area (Å²) in [6.45, 7) is 4.49. The van der Waals surface area contributed by atoms with E-state index in [1.807, 2.05) is 48.5 Å². The van der Waals surface area contributed by atoms with Crippen LogP contribution < -0.4 is 4.74 Å². The predicted molar refractivity (Wildman–Crippen MR) is 103 cm³/mol. The molecule has 0 radical (unpaired) electrons. The zero-order valence-corrected chi connectivity index (χ0v) is 15.4. The van der Waals surface area contributed by atoms with Gasteiger partial charge >= 0.3 is 0 Å². The first kappa shape index (κ1) is 17.6. The SMILES string of the molecule is C=CCn1c(SCc2cccc(Cl)c2)nnc1-c1ccc(OC)cc1. The Bertz CT molecular complexity index is 861. The monoisotopic (exact) mass is 371 g/mol. The van der Waals surface area contributed by atoms with Gasteiger partial charge in [0.15, 0.2) is 11.0 Å². The summed E-state index contributed by atoms with van der Waals surface area (Å²) < 4.78 is 7.27. The van der Waals surface area contributed by atoms with E-state index in [2.05, 4.69) is 27.4 Å². The van der Waals surface area contributed by atoms with Gasteiger partial charge in [0.25, 0.3) is 0 Å². The zero-order valence-electron chi connectivity index (χ0n) is 13.9. The number of ether oxygens (including phenoxy) is 1. The van der Waals surface area contributed by atoms with Crippen LogP contribution in [0.25, 0.3) is 11.4 Å². The van der Waals surface area contributed by atoms with Gasteiger partial charge in [-0.05, 0) is 42.0 Å². The van der Waals surface area contributed by atoms with Crippen molar-refractivity contribution in [2.75, 3.05) is 7.11 Å². The molecule has 0 aliphatic heterocycles. The second-order valence-corrected chi connectivity index (χ2v) is 6.73. The van der Waals surface area contributed by atoms with Crippen molar-refractivity contribution in [1.82, 2.24) is 14.8 Å². The van der Waals surface area contributed by atoms with Crippen molar-refractivity contribution in [3.8, 4) is 17.1 Å². The molecule has 0 fully saturated rings. The van der Waals surface area contributed by atoms with E-state index in [1.54, 1.807) is 18.9 Å². The first-order chi connectivity index (χ1) is 12.2. The summed E-state index contributed by atoms with van der Waals surface area (Å²) >= 11 is 7.68. The van der Waals surface area contributed by atoms with Crippen LogP contribution >= 0.6 is 23.4 Å². The molecule has 0 bridgehead atoms. The van der Waals surface area contributed by atoms with Crippen molar-refractivity contribution in [2.45, 2.75) is 17.5 Å². The number of hydrogen-bond donors (Lipinski definition) is 0. The molecule has 1 heterocycles. The molecule has 2 aromatic carbocycles. The third-order valence-electron chi connectivity index (χ3n) is 3.63. The number of hydrogen-bond acceptors (Lipinski definition) is 4. The summed E-state index contributed by atoms with van der Waals surface area (Å²) in [4.78, 5) is 0. The predicted octanol–water partition coefficient (Wildman–Crippen LogP) is 5.09. The van der Waals surface area contributed by atoms with Gasteiger partial charge in [0, 0.05) is 22.9 Å². The molecule has 1 aromatic heterocycles. The third kappa shape index (κ3) is 4.24. The van der Waals surface area contributed by atoms with E-state index < -0.39 is 0 Å². The van der Waals surface area contributed by atoms with E-state index in [4.69, 9.17) is 16.3 Å². The summed E-state index contributed by atoms with van der Waals surface area (Å²) in [6.07, 6.45) is 1.85. The average molecular weight is 372 g/mol. The van der Waals surface area contributed by atoms with Crippen LogP contribution in [0, 0.1) is 0 Å². The molecule has 0 spiro atoms. The maximum absolute atomic E-state index is 6.05. The van der Waals surface area contributed by atoms with Gasteiger partial charge in [0.05, 0.1) is 7.11 Å². The summed E-state index contributed by atoms with van der Waals surface area (Å²) in [5.74, 6) is 2.41. The van der Waals surface area contributed by atoms with Gasteiger partial charge in [-0.2, -0.15) is 0 Å². The lowest BCUT2D eigenvalue weighted by Crippen LogP contribution is -2.00. The Balaban J connectivity index is 1.84. The minimum Gasteiger partial charge on any atom is -0.497 e. The van der Waals surface area contributed by atoms with Gasteiger partial charge in [0.2, 0.25) is 0 Å². The molecule has 3 aromatic rings. The summed E-state index contributed by atoms with van der Waals surface area (Å²) in [6, 6.07) is 15.6. The molecule has 0 aliphatic rings. The quantitative estimate of drug-likeness (QED) is 0.428. The minimum atomic E-state index is 0.645. The zero-order chi connectivity index (χ0) is 17.6. The summed E-state index contributed by atoms with van der Waals surface area (Å²) in [7, 11) is 1.65. The second kappa shape index (κ2) is 8.23. The van der Waals surface area contributed by atoms with Gasteiger partial charge in [0.1, 0.15) is 5.75 Å². The van der Waals surface area contributed by atoms with Crippen molar-refractivity contribution >= 4 is 23.4 Å². The smallest absolute Gasteiger partial charge is 0.192 e. The highest BCUT2D eigenvalue weighted by atomic mass is 35.5. The molecule has 128 valence electrons. The lowest BCUT2D eigenvalue weighted by molar-refractivity contribution is 0.415. The molecule has 0 amide bonds. The molecule has 0 aliphatic carbocycles. The third-order valence-corrected chi connectivity index (χ3v) is 4.91. The van der Waals surface area contributed by atoms with Crippen LogP contribution in [0.4, 0.5) is 0 Å². The Morgan fingerprint density at radius 3 is 2.68 bits per heavy atom. The number of benzene rings is 2. The van der Waals surface area contributed by atoms with Gasteiger partial charge in [-0.25, -0.2) is 0 Å². The first-order valence-corrected chi connectivity index (χ1v) is 9.13. The van der Waals surface area contributed by atoms with E-state index in [9.17, 15) is 0 Å². The summed E-state index contributed by atoms with van der Waals surface area (Å²) in [5.41, 5.74) is 2.14. The normalized spacial score (nSPS) is 10.6. The summed E-state index contributed by atoms with van der Waals surface area (Å²) in [5, 5.41) is 10.3. The molecule has 25 heavy (non-hydrogen) atoms. The van der Waals surface area contributed by atoms with Gasteiger partial charge < -0.3 is 4.74 Å². The molecular weight excluding hydrogens is 354 g/mol. The lowest BCUT2D eigenvalue weighted by atomic mass is 10.2. The van der Waals surface area contributed by atoms with E-state index in [0.29, 0.717) is 6.54 Å². The fourth-order valence-corrected chi connectivity index (χ4v) is 3.52. The standard InChI is InChI=1S/C19H18ClN3OS/c1-3-11-23-18(15-7-9-17(24-2)10-8-15)21-22-19(23)25-13-14-5-4-6-16(20)12-14/h3-10,12H,1,11,13H2,2H3. The number of nitrogens with zero attached hydrogens (tertiary/aromatic N) is 3. The molecule has 0 unspecified atom stereocenters. The molecule has 6 heteroatoms.